The lowest BCUT2D eigenvalue weighted by molar-refractivity contribution is -0.137. The number of ether oxygens (including phenoxy) is 1. The van der Waals surface area contributed by atoms with E-state index in [2.05, 4.69) is 5.32 Å². The van der Waals surface area contributed by atoms with Gasteiger partial charge < -0.3 is 10.1 Å². The van der Waals surface area contributed by atoms with Crippen molar-refractivity contribution in [2.75, 3.05) is 11.9 Å². The highest BCUT2D eigenvalue weighted by atomic mass is 35.5. The van der Waals surface area contributed by atoms with Crippen molar-refractivity contribution in [1.82, 2.24) is 0 Å². The van der Waals surface area contributed by atoms with Crippen molar-refractivity contribution >= 4 is 17.3 Å². The molecule has 0 bridgehead atoms. The highest BCUT2D eigenvalue weighted by Crippen LogP contribution is 2.47. The molecule has 1 saturated carbocycles. The second-order valence-corrected chi connectivity index (χ2v) is 6.27. The largest absolute Gasteiger partial charge is 0.418 e. The molecule has 2 nitrogen and oxygen atoms in total. The number of nitrogens with one attached hydrogen (secondary N) is 1. The van der Waals surface area contributed by atoms with Gasteiger partial charge in [-0.25, -0.2) is 0 Å². The summed E-state index contributed by atoms with van der Waals surface area (Å²) in [5, 5.41) is 3.05. The summed E-state index contributed by atoms with van der Waals surface area (Å²) in [5.74, 6) is 0. The molecule has 118 valence electrons. The molecule has 2 atom stereocenters. The predicted molar refractivity (Wildman–Crippen MR) is 77.7 cm³/mol. The minimum Gasteiger partial charge on any atom is -0.380 e. The van der Waals surface area contributed by atoms with Crippen LogP contribution >= 0.6 is 11.6 Å². The van der Waals surface area contributed by atoms with Crippen LogP contribution in [-0.2, 0) is 10.9 Å². The van der Waals surface area contributed by atoms with Crippen molar-refractivity contribution in [3.63, 3.8) is 0 Å². The minimum absolute atomic E-state index is 0.0420. The van der Waals surface area contributed by atoms with Crippen LogP contribution in [0.1, 0.15) is 32.8 Å². The Balaban J connectivity index is 2.22. The molecule has 0 spiro atoms. The Morgan fingerprint density at radius 3 is 2.57 bits per heavy atom. The average molecular weight is 322 g/mol. The Morgan fingerprint density at radius 1 is 1.38 bits per heavy atom. The van der Waals surface area contributed by atoms with Gasteiger partial charge in [0, 0.05) is 18.1 Å². The highest BCUT2D eigenvalue weighted by Gasteiger charge is 2.49. The van der Waals surface area contributed by atoms with Crippen LogP contribution in [0.25, 0.3) is 0 Å². The summed E-state index contributed by atoms with van der Waals surface area (Å²) in [4.78, 5) is 0. The van der Waals surface area contributed by atoms with Gasteiger partial charge >= 0.3 is 6.18 Å². The van der Waals surface area contributed by atoms with E-state index in [1.807, 2.05) is 20.8 Å². The fourth-order valence-corrected chi connectivity index (χ4v) is 2.92. The van der Waals surface area contributed by atoms with Crippen LogP contribution in [0.2, 0.25) is 5.02 Å². The zero-order valence-corrected chi connectivity index (χ0v) is 13.0. The maximum absolute atomic E-state index is 13.1. The molecule has 1 fully saturated rings. The monoisotopic (exact) mass is 321 g/mol. The summed E-state index contributed by atoms with van der Waals surface area (Å²) in [7, 11) is 0. The van der Waals surface area contributed by atoms with Gasteiger partial charge in [-0.1, -0.05) is 31.5 Å². The number of benzene rings is 1. The van der Waals surface area contributed by atoms with Crippen molar-refractivity contribution in [2.45, 2.75) is 45.5 Å². The normalized spacial score (nSPS) is 24.5. The van der Waals surface area contributed by atoms with Gasteiger partial charge in [-0.2, -0.15) is 13.2 Å². The van der Waals surface area contributed by atoms with Crippen molar-refractivity contribution < 1.29 is 17.9 Å². The van der Waals surface area contributed by atoms with Gasteiger partial charge in [0.05, 0.1) is 22.4 Å². The molecule has 2 rings (SSSR count). The molecule has 0 heterocycles. The van der Waals surface area contributed by atoms with Crippen molar-refractivity contribution in [3.8, 4) is 0 Å². The first-order chi connectivity index (χ1) is 9.67. The quantitative estimate of drug-likeness (QED) is 0.845. The summed E-state index contributed by atoms with van der Waals surface area (Å²) in [6, 6.07) is 3.71. The van der Waals surface area contributed by atoms with Crippen LogP contribution in [0.3, 0.4) is 0 Å². The lowest BCUT2D eigenvalue weighted by atomic mass is 9.64. The second kappa shape index (κ2) is 5.69. The molecule has 1 aliphatic rings. The van der Waals surface area contributed by atoms with E-state index in [4.69, 9.17) is 16.3 Å². The molecule has 0 amide bonds. The number of hydrogen-bond acceptors (Lipinski definition) is 2. The second-order valence-electron chi connectivity index (χ2n) is 5.86. The topological polar surface area (TPSA) is 21.3 Å². The number of halogens is 4. The zero-order valence-electron chi connectivity index (χ0n) is 12.2. The van der Waals surface area contributed by atoms with E-state index >= 15 is 0 Å². The molecule has 2 unspecified atom stereocenters. The van der Waals surface area contributed by atoms with Crippen LogP contribution in [0.5, 0.6) is 0 Å². The number of hydrogen-bond donors (Lipinski definition) is 1. The number of para-hydroxylation sites is 1. The Labute approximate surface area is 127 Å². The SMILES string of the molecule is CCOC1CC(Nc2c(Cl)cccc2C(F)(F)F)C1(C)C. The first-order valence-corrected chi connectivity index (χ1v) is 7.29. The van der Waals surface area contributed by atoms with Gasteiger partial charge in [-0.05, 0) is 25.5 Å². The van der Waals surface area contributed by atoms with E-state index < -0.39 is 11.7 Å². The number of rotatable bonds is 4. The third-order valence-electron chi connectivity index (χ3n) is 4.18. The van der Waals surface area contributed by atoms with E-state index in [-0.39, 0.29) is 28.3 Å². The maximum atomic E-state index is 13.1. The Hall–Kier alpha value is -0.940. The Bertz CT molecular complexity index is 516. The number of alkyl halides is 3. The van der Waals surface area contributed by atoms with Gasteiger partial charge in [0.2, 0.25) is 0 Å². The van der Waals surface area contributed by atoms with Gasteiger partial charge in [-0.3, -0.25) is 0 Å². The lowest BCUT2D eigenvalue weighted by Crippen LogP contribution is -2.58. The summed E-state index contributed by atoms with van der Waals surface area (Å²) in [5.41, 5.74) is -1.01. The molecule has 6 heteroatoms. The summed E-state index contributed by atoms with van der Waals surface area (Å²) in [6.45, 7) is 6.48. The van der Waals surface area contributed by atoms with Crippen LogP contribution in [0.4, 0.5) is 18.9 Å². The standard InChI is InChI=1S/C15H19ClF3NO/c1-4-21-12-8-11(14(12,2)3)20-13-9(15(17,18)19)6-5-7-10(13)16/h5-7,11-12,20H,4,8H2,1-3H3. The molecule has 0 aromatic heterocycles. The molecular weight excluding hydrogens is 303 g/mol. The average Bonchev–Trinajstić information content (AvgIpc) is 2.38. The Morgan fingerprint density at radius 2 is 2.05 bits per heavy atom. The van der Waals surface area contributed by atoms with Gasteiger partial charge in [0.1, 0.15) is 0 Å². The molecule has 0 saturated heterocycles. The minimum atomic E-state index is -4.43. The molecule has 1 N–H and O–H groups in total. The van der Waals surface area contributed by atoms with E-state index in [1.165, 1.54) is 12.1 Å². The first-order valence-electron chi connectivity index (χ1n) is 6.91. The fraction of sp³-hybridized carbons (Fsp3) is 0.600. The first kappa shape index (κ1) is 16.4. The van der Waals surface area contributed by atoms with Crippen LogP contribution in [0.15, 0.2) is 18.2 Å². The van der Waals surface area contributed by atoms with Crippen molar-refractivity contribution in [1.29, 1.82) is 0 Å². The maximum Gasteiger partial charge on any atom is 0.418 e. The van der Waals surface area contributed by atoms with Crippen molar-refractivity contribution in [3.05, 3.63) is 28.8 Å². The van der Waals surface area contributed by atoms with E-state index in [0.717, 1.165) is 6.07 Å². The van der Waals surface area contributed by atoms with Gasteiger partial charge in [0.15, 0.2) is 0 Å². The van der Waals surface area contributed by atoms with Crippen molar-refractivity contribution in [2.24, 2.45) is 5.41 Å². The molecule has 1 aromatic rings. The summed E-state index contributed by atoms with van der Waals surface area (Å²) >= 11 is 5.96. The predicted octanol–water partition coefficient (Wildman–Crippen LogP) is 4.97. The molecule has 1 aromatic carbocycles. The fourth-order valence-electron chi connectivity index (χ4n) is 2.70. The van der Waals surface area contributed by atoms with E-state index in [9.17, 15) is 13.2 Å². The summed E-state index contributed by atoms with van der Waals surface area (Å²) < 4.78 is 44.8. The molecule has 21 heavy (non-hydrogen) atoms. The third kappa shape index (κ3) is 3.14. The van der Waals surface area contributed by atoms with E-state index in [1.54, 1.807) is 0 Å². The third-order valence-corrected chi connectivity index (χ3v) is 4.50. The molecule has 1 aliphatic carbocycles. The summed E-state index contributed by atoms with van der Waals surface area (Å²) in [6.07, 6.45) is -3.71. The Kier molecular flexibility index (Phi) is 4.45. The molecule has 0 radical (unpaired) electrons. The van der Waals surface area contributed by atoms with Gasteiger partial charge in [0.25, 0.3) is 0 Å². The zero-order chi connectivity index (χ0) is 15.8. The highest BCUT2D eigenvalue weighted by molar-refractivity contribution is 6.33. The molecule has 0 aliphatic heterocycles. The smallest absolute Gasteiger partial charge is 0.380 e. The lowest BCUT2D eigenvalue weighted by Gasteiger charge is -2.52. The molecular formula is C15H19ClF3NO. The van der Waals surface area contributed by atoms with Crippen LogP contribution in [0, 0.1) is 5.41 Å². The number of anilines is 1. The van der Waals surface area contributed by atoms with Gasteiger partial charge in [-0.15, -0.1) is 0 Å². The van der Waals surface area contributed by atoms with Crippen LogP contribution in [-0.4, -0.2) is 18.8 Å². The van der Waals surface area contributed by atoms with E-state index in [0.29, 0.717) is 13.0 Å². The van der Waals surface area contributed by atoms with Crippen LogP contribution < -0.4 is 5.32 Å².